The summed E-state index contributed by atoms with van der Waals surface area (Å²) >= 11 is 6.05. The van der Waals surface area contributed by atoms with Crippen LogP contribution in [0.5, 0.6) is 0 Å². The predicted octanol–water partition coefficient (Wildman–Crippen LogP) is 2.04. The topological polar surface area (TPSA) is 58.6 Å². The van der Waals surface area contributed by atoms with Crippen molar-refractivity contribution >= 4 is 23.6 Å². The summed E-state index contributed by atoms with van der Waals surface area (Å²) in [4.78, 5) is 24.1. The highest BCUT2D eigenvalue weighted by atomic mass is 35.5. The van der Waals surface area contributed by atoms with Gasteiger partial charge in [0.15, 0.2) is 0 Å². The largest absolute Gasteiger partial charge is 0.453 e. The number of rotatable bonds is 5. The molecule has 2 amide bonds. The molecule has 0 bridgehead atoms. The lowest BCUT2D eigenvalue weighted by atomic mass is 10.2. The van der Waals surface area contributed by atoms with E-state index in [1.165, 1.54) is 14.0 Å². The molecule has 0 atom stereocenters. The van der Waals surface area contributed by atoms with Crippen molar-refractivity contribution < 1.29 is 14.3 Å². The Kier molecular flexibility index (Phi) is 6.15. The van der Waals surface area contributed by atoms with E-state index in [0.29, 0.717) is 24.7 Å². The molecule has 19 heavy (non-hydrogen) atoms. The third-order valence-electron chi connectivity index (χ3n) is 2.60. The standard InChI is InChI=1S/C13H17ClN2O3/c1-10(17)16(8-7-15-13(18)19-2)9-11-5-3-4-6-12(11)14/h3-6H,7-9H2,1-2H3,(H,15,18). The van der Waals surface area contributed by atoms with Crippen LogP contribution >= 0.6 is 11.6 Å². The first-order valence-corrected chi connectivity index (χ1v) is 6.23. The number of alkyl carbamates (subject to hydrolysis) is 1. The lowest BCUT2D eigenvalue weighted by Crippen LogP contribution is -2.37. The fourth-order valence-corrected chi connectivity index (χ4v) is 1.74. The van der Waals surface area contributed by atoms with Crippen LogP contribution in [0.15, 0.2) is 24.3 Å². The Morgan fingerprint density at radius 3 is 2.63 bits per heavy atom. The molecule has 1 rings (SSSR count). The number of halogens is 1. The van der Waals surface area contributed by atoms with Gasteiger partial charge >= 0.3 is 6.09 Å². The molecule has 0 aliphatic rings. The van der Waals surface area contributed by atoms with Gasteiger partial charge in [0.05, 0.1) is 7.11 Å². The van der Waals surface area contributed by atoms with Crippen LogP contribution < -0.4 is 5.32 Å². The molecule has 1 aromatic carbocycles. The average molecular weight is 285 g/mol. The molecule has 6 heteroatoms. The van der Waals surface area contributed by atoms with Gasteiger partial charge in [0, 0.05) is 31.6 Å². The van der Waals surface area contributed by atoms with Gasteiger partial charge in [-0.1, -0.05) is 29.8 Å². The van der Waals surface area contributed by atoms with Crippen LogP contribution in [0, 0.1) is 0 Å². The highest BCUT2D eigenvalue weighted by Crippen LogP contribution is 2.16. The molecule has 0 unspecified atom stereocenters. The maximum absolute atomic E-state index is 11.5. The van der Waals surface area contributed by atoms with Gasteiger partial charge in [-0.25, -0.2) is 4.79 Å². The lowest BCUT2D eigenvalue weighted by Gasteiger charge is -2.21. The molecule has 0 saturated heterocycles. The Morgan fingerprint density at radius 1 is 1.37 bits per heavy atom. The van der Waals surface area contributed by atoms with Crippen molar-refractivity contribution in [3.8, 4) is 0 Å². The molecule has 0 spiro atoms. The Morgan fingerprint density at radius 2 is 2.05 bits per heavy atom. The zero-order valence-electron chi connectivity index (χ0n) is 11.0. The highest BCUT2D eigenvalue weighted by molar-refractivity contribution is 6.31. The van der Waals surface area contributed by atoms with Gasteiger partial charge in [0.2, 0.25) is 5.91 Å². The van der Waals surface area contributed by atoms with Gasteiger partial charge < -0.3 is 15.0 Å². The number of amides is 2. The summed E-state index contributed by atoms with van der Waals surface area (Å²) in [6, 6.07) is 7.35. The van der Waals surface area contributed by atoms with Crippen LogP contribution in [0.25, 0.3) is 0 Å². The van der Waals surface area contributed by atoms with E-state index in [0.717, 1.165) is 5.56 Å². The molecular formula is C13H17ClN2O3. The molecule has 1 N–H and O–H groups in total. The molecule has 0 aliphatic carbocycles. The second-order valence-corrected chi connectivity index (χ2v) is 4.36. The number of hydrogen-bond acceptors (Lipinski definition) is 3. The fraction of sp³-hybridized carbons (Fsp3) is 0.385. The van der Waals surface area contributed by atoms with E-state index in [1.807, 2.05) is 18.2 Å². The molecule has 0 fully saturated rings. The second kappa shape index (κ2) is 7.63. The van der Waals surface area contributed by atoms with Crippen LogP contribution in [0.3, 0.4) is 0 Å². The normalized spacial score (nSPS) is 9.84. The van der Waals surface area contributed by atoms with E-state index < -0.39 is 6.09 Å². The van der Waals surface area contributed by atoms with Crippen molar-refractivity contribution in [2.45, 2.75) is 13.5 Å². The zero-order valence-corrected chi connectivity index (χ0v) is 11.7. The van der Waals surface area contributed by atoms with Gasteiger partial charge in [0.25, 0.3) is 0 Å². The van der Waals surface area contributed by atoms with E-state index in [2.05, 4.69) is 10.1 Å². The van der Waals surface area contributed by atoms with Crippen molar-refractivity contribution in [3.63, 3.8) is 0 Å². The average Bonchev–Trinajstić information content (AvgIpc) is 2.39. The van der Waals surface area contributed by atoms with E-state index in [9.17, 15) is 9.59 Å². The van der Waals surface area contributed by atoms with Crippen LogP contribution in [-0.2, 0) is 16.1 Å². The van der Waals surface area contributed by atoms with E-state index in [1.54, 1.807) is 11.0 Å². The van der Waals surface area contributed by atoms with Gasteiger partial charge in [-0.3, -0.25) is 4.79 Å². The van der Waals surface area contributed by atoms with Crippen molar-refractivity contribution in [1.29, 1.82) is 0 Å². The number of carbonyl (C=O) groups excluding carboxylic acids is 2. The summed E-state index contributed by atoms with van der Waals surface area (Å²) in [6.07, 6.45) is -0.513. The number of nitrogens with one attached hydrogen (secondary N) is 1. The van der Waals surface area contributed by atoms with Crippen LogP contribution in [0.2, 0.25) is 5.02 Å². The van der Waals surface area contributed by atoms with Crippen LogP contribution in [0.4, 0.5) is 4.79 Å². The molecular weight excluding hydrogens is 268 g/mol. The smallest absolute Gasteiger partial charge is 0.406 e. The fourth-order valence-electron chi connectivity index (χ4n) is 1.55. The molecule has 0 radical (unpaired) electrons. The first-order chi connectivity index (χ1) is 9.04. The zero-order chi connectivity index (χ0) is 14.3. The minimum absolute atomic E-state index is 0.0772. The molecule has 0 aromatic heterocycles. The number of nitrogens with zero attached hydrogens (tertiary/aromatic N) is 1. The Balaban J connectivity index is 2.56. The number of ether oxygens (including phenoxy) is 1. The third-order valence-corrected chi connectivity index (χ3v) is 2.97. The minimum Gasteiger partial charge on any atom is -0.453 e. The summed E-state index contributed by atoms with van der Waals surface area (Å²) in [7, 11) is 1.29. The predicted molar refractivity (Wildman–Crippen MR) is 73.0 cm³/mol. The number of hydrogen-bond donors (Lipinski definition) is 1. The quantitative estimate of drug-likeness (QED) is 0.900. The molecule has 0 aliphatic heterocycles. The van der Waals surface area contributed by atoms with E-state index in [4.69, 9.17) is 11.6 Å². The number of methoxy groups -OCH3 is 1. The highest BCUT2D eigenvalue weighted by Gasteiger charge is 2.11. The molecule has 1 aromatic rings. The van der Waals surface area contributed by atoms with Crippen LogP contribution in [-0.4, -0.2) is 37.1 Å². The molecule has 0 heterocycles. The first-order valence-electron chi connectivity index (χ1n) is 5.85. The van der Waals surface area contributed by atoms with Gasteiger partial charge in [-0.2, -0.15) is 0 Å². The summed E-state index contributed by atoms with van der Waals surface area (Å²) < 4.78 is 4.46. The molecule has 104 valence electrons. The number of benzene rings is 1. The van der Waals surface area contributed by atoms with Crippen molar-refractivity contribution in [3.05, 3.63) is 34.9 Å². The van der Waals surface area contributed by atoms with E-state index in [-0.39, 0.29) is 5.91 Å². The van der Waals surface area contributed by atoms with Gasteiger partial charge in [0.1, 0.15) is 0 Å². The first kappa shape index (κ1) is 15.3. The number of carbonyl (C=O) groups is 2. The molecule has 5 nitrogen and oxygen atoms in total. The Hall–Kier alpha value is -1.75. The van der Waals surface area contributed by atoms with Crippen LogP contribution in [0.1, 0.15) is 12.5 Å². The third kappa shape index (κ3) is 5.18. The maximum Gasteiger partial charge on any atom is 0.406 e. The Bertz CT molecular complexity index is 451. The lowest BCUT2D eigenvalue weighted by molar-refractivity contribution is -0.129. The van der Waals surface area contributed by atoms with Gasteiger partial charge in [-0.05, 0) is 11.6 Å². The summed E-state index contributed by atoms with van der Waals surface area (Å²) in [5, 5.41) is 3.15. The SMILES string of the molecule is COC(=O)NCCN(Cc1ccccc1Cl)C(C)=O. The monoisotopic (exact) mass is 284 g/mol. The van der Waals surface area contributed by atoms with E-state index >= 15 is 0 Å². The summed E-state index contributed by atoms with van der Waals surface area (Å²) in [5.41, 5.74) is 0.873. The summed E-state index contributed by atoms with van der Waals surface area (Å²) in [5.74, 6) is -0.0772. The Labute approximate surface area is 117 Å². The van der Waals surface area contributed by atoms with Crippen molar-refractivity contribution in [2.75, 3.05) is 20.2 Å². The molecule has 0 saturated carbocycles. The van der Waals surface area contributed by atoms with Crippen molar-refractivity contribution in [1.82, 2.24) is 10.2 Å². The minimum atomic E-state index is -0.513. The van der Waals surface area contributed by atoms with Gasteiger partial charge in [-0.15, -0.1) is 0 Å². The maximum atomic E-state index is 11.5. The summed E-state index contributed by atoms with van der Waals surface area (Å²) in [6.45, 7) is 2.62. The van der Waals surface area contributed by atoms with Crippen molar-refractivity contribution in [2.24, 2.45) is 0 Å². The second-order valence-electron chi connectivity index (χ2n) is 3.95.